The van der Waals surface area contributed by atoms with Gasteiger partial charge in [-0.15, -0.1) is 0 Å². The van der Waals surface area contributed by atoms with Gasteiger partial charge in [-0.25, -0.2) is 4.79 Å². The quantitative estimate of drug-likeness (QED) is 0.889. The topological polar surface area (TPSA) is 61.8 Å². The van der Waals surface area contributed by atoms with Crippen LogP contribution < -0.4 is 5.32 Å². The third kappa shape index (κ3) is 3.95. The van der Waals surface area contributed by atoms with Crippen LogP contribution in [0.1, 0.15) is 31.4 Å². The molecule has 20 heavy (non-hydrogen) atoms. The van der Waals surface area contributed by atoms with E-state index in [0.717, 1.165) is 25.0 Å². The zero-order chi connectivity index (χ0) is 14.5. The Morgan fingerprint density at radius 2 is 2.40 bits per heavy atom. The average molecular weight is 278 g/mol. The zero-order valence-electron chi connectivity index (χ0n) is 12.0. The number of benzene rings is 1. The number of amides is 2. The molecule has 5 nitrogen and oxygen atoms in total. The van der Waals surface area contributed by atoms with Crippen molar-refractivity contribution in [1.29, 1.82) is 0 Å². The van der Waals surface area contributed by atoms with Gasteiger partial charge < -0.3 is 20.1 Å². The molecule has 1 aliphatic heterocycles. The summed E-state index contributed by atoms with van der Waals surface area (Å²) in [5.74, 6) is 0. The summed E-state index contributed by atoms with van der Waals surface area (Å²) < 4.78 is 5.52. The van der Waals surface area contributed by atoms with Crippen molar-refractivity contribution >= 4 is 11.7 Å². The number of aliphatic hydroxyl groups is 1. The van der Waals surface area contributed by atoms with E-state index in [1.165, 1.54) is 0 Å². The highest BCUT2D eigenvalue weighted by atomic mass is 16.5. The number of ether oxygens (including phenoxy) is 1. The van der Waals surface area contributed by atoms with Gasteiger partial charge in [0.05, 0.1) is 12.2 Å². The summed E-state index contributed by atoms with van der Waals surface area (Å²) in [6.45, 7) is 3.09. The van der Waals surface area contributed by atoms with Crippen LogP contribution in [0, 0.1) is 0 Å². The van der Waals surface area contributed by atoms with E-state index < -0.39 is 6.10 Å². The molecule has 0 aromatic heterocycles. The molecule has 1 heterocycles. The first-order valence-corrected chi connectivity index (χ1v) is 6.98. The lowest BCUT2D eigenvalue weighted by atomic mass is 10.1. The van der Waals surface area contributed by atoms with Crippen LogP contribution >= 0.6 is 0 Å². The first kappa shape index (κ1) is 14.8. The molecule has 1 aromatic carbocycles. The van der Waals surface area contributed by atoms with E-state index in [4.69, 9.17) is 4.74 Å². The summed E-state index contributed by atoms with van der Waals surface area (Å²) in [5.41, 5.74) is 1.47. The fourth-order valence-corrected chi connectivity index (χ4v) is 2.27. The average Bonchev–Trinajstić information content (AvgIpc) is 2.91. The number of urea groups is 1. The standard InChI is InChI=1S/C15H22N2O3/c1-11(18)12-5-3-6-13(9-12)16-15(19)17(2)10-14-7-4-8-20-14/h3,5-6,9,11,14,18H,4,7-8,10H2,1-2H3,(H,16,19). The smallest absolute Gasteiger partial charge is 0.321 e. The van der Waals surface area contributed by atoms with E-state index in [1.54, 1.807) is 24.9 Å². The molecule has 2 rings (SSSR count). The summed E-state index contributed by atoms with van der Waals surface area (Å²) in [6, 6.07) is 7.07. The van der Waals surface area contributed by atoms with Crippen LogP contribution in [-0.2, 0) is 4.74 Å². The molecule has 110 valence electrons. The van der Waals surface area contributed by atoms with Crippen LogP contribution in [0.3, 0.4) is 0 Å². The van der Waals surface area contributed by atoms with Crippen molar-refractivity contribution < 1.29 is 14.6 Å². The van der Waals surface area contributed by atoms with Crippen molar-refractivity contribution in [3.63, 3.8) is 0 Å². The van der Waals surface area contributed by atoms with Crippen LogP contribution in [0.5, 0.6) is 0 Å². The monoisotopic (exact) mass is 278 g/mol. The highest BCUT2D eigenvalue weighted by molar-refractivity contribution is 5.89. The van der Waals surface area contributed by atoms with Gasteiger partial charge in [0.1, 0.15) is 0 Å². The third-order valence-corrected chi connectivity index (χ3v) is 3.47. The molecule has 1 aromatic rings. The van der Waals surface area contributed by atoms with Crippen molar-refractivity contribution in [2.75, 3.05) is 25.5 Å². The van der Waals surface area contributed by atoms with Crippen molar-refractivity contribution in [3.8, 4) is 0 Å². The van der Waals surface area contributed by atoms with Gasteiger partial charge in [0.2, 0.25) is 0 Å². The lowest BCUT2D eigenvalue weighted by Gasteiger charge is -2.21. The lowest BCUT2D eigenvalue weighted by molar-refractivity contribution is 0.0894. The summed E-state index contributed by atoms with van der Waals surface area (Å²) in [7, 11) is 1.76. The number of nitrogens with zero attached hydrogens (tertiary/aromatic N) is 1. The van der Waals surface area contributed by atoms with E-state index in [0.29, 0.717) is 12.2 Å². The molecule has 5 heteroatoms. The molecule has 0 spiro atoms. The molecule has 1 saturated heterocycles. The maximum Gasteiger partial charge on any atom is 0.321 e. The predicted octanol–water partition coefficient (Wildman–Crippen LogP) is 2.38. The van der Waals surface area contributed by atoms with Gasteiger partial charge >= 0.3 is 6.03 Å². The van der Waals surface area contributed by atoms with E-state index in [1.807, 2.05) is 18.2 Å². The second-order valence-electron chi connectivity index (χ2n) is 5.25. The third-order valence-electron chi connectivity index (χ3n) is 3.47. The fourth-order valence-electron chi connectivity index (χ4n) is 2.27. The van der Waals surface area contributed by atoms with Gasteiger partial charge in [-0.2, -0.15) is 0 Å². The second kappa shape index (κ2) is 6.72. The lowest BCUT2D eigenvalue weighted by Crippen LogP contribution is -2.37. The van der Waals surface area contributed by atoms with Crippen LogP contribution in [0.2, 0.25) is 0 Å². The number of carbonyl (C=O) groups is 1. The number of likely N-dealkylation sites (N-methyl/N-ethyl adjacent to an activating group) is 1. The first-order chi connectivity index (χ1) is 9.56. The normalized spacial score (nSPS) is 19.6. The Hall–Kier alpha value is -1.59. The predicted molar refractivity (Wildman–Crippen MR) is 77.7 cm³/mol. The number of carbonyl (C=O) groups excluding carboxylic acids is 1. The number of anilines is 1. The van der Waals surface area contributed by atoms with E-state index >= 15 is 0 Å². The van der Waals surface area contributed by atoms with Crippen molar-refractivity contribution in [2.24, 2.45) is 0 Å². The maximum absolute atomic E-state index is 12.1. The summed E-state index contributed by atoms with van der Waals surface area (Å²) >= 11 is 0. The Morgan fingerprint density at radius 3 is 3.05 bits per heavy atom. The Kier molecular flexibility index (Phi) is 4.98. The minimum Gasteiger partial charge on any atom is -0.389 e. The first-order valence-electron chi connectivity index (χ1n) is 6.98. The highest BCUT2D eigenvalue weighted by Crippen LogP contribution is 2.18. The van der Waals surface area contributed by atoms with Gasteiger partial charge in [0.15, 0.2) is 0 Å². The minimum absolute atomic E-state index is 0.148. The molecule has 0 radical (unpaired) electrons. The minimum atomic E-state index is -0.545. The zero-order valence-corrected chi connectivity index (χ0v) is 12.0. The van der Waals surface area contributed by atoms with Gasteiger partial charge in [0.25, 0.3) is 0 Å². The second-order valence-corrected chi connectivity index (χ2v) is 5.25. The molecule has 2 N–H and O–H groups in total. The van der Waals surface area contributed by atoms with Crippen LogP contribution in [0.4, 0.5) is 10.5 Å². The van der Waals surface area contributed by atoms with E-state index in [2.05, 4.69) is 5.32 Å². The summed E-state index contributed by atoms with van der Waals surface area (Å²) in [5, 5.41) is 12.4. The molecular weight excluding hydrogens is 256 g/mol. The van der Waals surface area contributed by atoms with E-state index in [-0.39, 0.29) is 12.1 Å². The maximum atomic E-state index is 12.1. The van der Waals surface area contributed by atoms with Crippen molar-refractivity contribution in [2.45, 2.75) is 32.0 Å². The Balaban J connectivity index is 1.91. The summed E-state index contributed by atoms with van der Waals surface area (Å²) in [4.78, 5) is 13.7. The fraction of sp³-hybridized carbons (Fsp3) is 0.533. The van der Waals surface area contributed by atoms with Gasteiger partial charge in [0, 0.05) is 25.9 Å². The molecule has 1 aliphatic rings. The largest absolute Gasteiger partial charge is 0.389 e. The Bertz CT molecular complexity index is 456. The molecule has 2 atom stereocenters. The van der Waals surface area contributed by atoms with Crippen LogP contribution in [0.15, 0.2) is 24.3 Å². The van der Waals surface area contributed by atoms with Crippen molar-refractivity contribution in [3.05, 3.63) is 29.8 Å². The summed E-state index contributed by atoms with van der Waals surface area (Å²) in [6.07, 6.45) is 1.68. The number of hydrogen-bond donors (Lipinski definition) is 2. The van der Waals surface area contributed by atoms with Crippen LogP contribution in [0.25, 0.3) is 0 Å². The molecule has 0 aliphatic carbocycles. The van der Waals surface area contributed by atoms with Crippen molar-refractivity contribution in [1.82, 2.24) is 4.90 Å². The molecule has 2 amide bonds. The number of hydrogen-bond acceptors (Lipinski definition) is 3. The van der Waals surface area contributed by atoms with Gasteiger partial charge in [-0.3, -0.25) is 0 Å². The number of aliphatic hydroxyl groups excluding tert-OH is 1. The number of nitrogens with one attached hydrogen (secondary N) is 1. The SMILES string of the molecule is CC(O)c1cccc(NC(=O)N(C)CC2CCCO2)c1. The molecular formula is C15H22N2O3. The molecule has 0 bridgehead atoms. The van der Waals surface area contributed by atoms with E-state index in [9.17, 15) is 9.90 Å². The molecule has 0 saturated carbocycles. The molecule has 2 unspecified atom stereocenters. The van der Waals surface area contributed by atoms with Gasteiger partial charge in [-0.1, -0.05) is 12.1 Å². The highest BCUT2D eigenvalue weighted by Gasteiger charge is 2.20. The number of rotatable bonds is 4. The molecule has 1 fully saturated rings. The van der Waals surface area contributed by atoms with Crippen LogP contribution in [-0.4, -0.2) is 42.3 Å². The Morgan fingerprint density at radius 1 is 1.60 bits per heavy atom. The van der Waals surface area contributed by atoms with Gasteiger partial charge in [-0.05, 0) is 37.5 Å². The Labute approximate surface area is 119 Å².